The number of nitro benzene ring substituents is 1. The van der Waals surface area contributed by atoms with Crippen LogP contribution in [0.2, 0.25) is 0 Å². The minimum Gasteiger partial charge on any atom is -0.374 e. The number of rotatable bonds is 6. The zero-order valence-corrected chi connectivity index (χ0v) is 15.3. The monoisotopic (exact) mass is 369 g/mol. The molecule has 3 rings (SSSR count). The van der Waals surface area contributed by atoms with Crippen molar-refractivity contribution in [2.75, 3.05) is 26.2 Å². The number of nitrogens with one attached hydrogen (secondary N) is 1. The number of carbonyl (C=O) groups is 1. The summed E-state index contributed by atoms with van der Waals surface area (Å²) in [7, 11) is 0. The van der Waals surface area contributed by atoms with Crippen molar-refractivity contribution in [2.24, 2.45) is 0 Å². The number of nitrogens with zero attached hydrogens (tertiary/aromatic N) is 2. The normalized spacial score (nSPS) is 17.4. The van der Waals surface area contributed by atoms with Crippen LogP contribution < -0.4 is 5.32 Å². The molecule has 1 aliphatic heterocycles. The average molecular weight is 369 g/mol. The highest BCUT2D eigenvalue weighted by Gasteiger charge is 2.22. The van der Waals surface area contributed by atoms with Gasteiger partial charge < -0.3 is 10.1 Å². The Hall–Kier alpha value is -2.77. The van der Waals surface area contributed by atoms with E-state index in [-0.39, 0.29) is 23.3 Å². The molecule has 0 radical (unpaired) electrons. The van der Waals surface area contributed by atoms with Gasteiger partial charge in [0.1, 0.15) is 0 Å². The Bertz CT molecular complexity index is 810. The van der Waals surface area contributed by atoms with Crippen LogP contribution in [0.5, 0.6) is 0 Å². The Morgan fingerprint density at radius 3 is 2.81 bits per heavy atom. The van der Waals surface area contributed by atoms with Crippen molar-refractivity contribution >= 4 is 11.6 Å². The highest BCUT2D eigenvalue weighted by atomic mass is 16.6. The highest BCUT2D eigenvalue weighted by molar-refractivity contribution is 5.95. The van der Waals surface area contributed by atoms with Crippen LogP contribution in [0.4, 0.5) is 5.69 Å². The maximum absolute atomic E-state index is 12.3. The number of hydrogen-bond acceptors (Lipinski definition) is 5. The number of morpholine rings is 1. The van der Waals surface area contributed by atoms with E-state index in [1.54, 1.807) is 19.1 Å². The molecule has 7 heteroatoms. The number of benzene rings is 2. The van der Waals surface area contributed by atoms with E-state index in [9.17, 15) is 14.9 Å². The van der Waals surface area contributed by atoms with Crippen molar-refractivity contribution < 1.29 is 14.5 Å². The first-order valence-corrected chi connectivity index (χ1v) is 8.94. The fourth-order valence-corrected chi connectivity index (χ4v) is 3.15. The van der Waals surface area contributed by atoms with Crippen molar-refractivity contribution in [3.8, 4) is 0 Å². The summed E-state index contributed by atoms with van der Waals surface area (Å²) in [5.74, 6) is -0.332. The molecule has 1 fully saturated rings. The molecule has 1 atom stereocenters. The van der Waals surface area contributed by atoms with Crippen LogP contribution in [0.25, 0.3) is 0 Å². The lowest BCUT2D eigenvalue weighted by atomic mass is 10.1. The van der Waals surface area contributed by atoms with Crippen molar-refractivity contribution in [3.63, 3.8) is 0 Å². The van der Waals surface area contributed by atoms with Gasteiger partial charge in [0.15, 0.2) is 0 Å². The largest absolute Gasteiger partial charge is 0.374 e. The Morgan fingerprint density at radius 2 is 2.07 bits per heavy atom. The van der Waals surface area contributed by atoms with Gasteiger partial charge in [0.2, 0.25) is 0 Å². The third-order valence-electron chi connectivity index (χ3n) is 4.63. The zero-order chi connectivity index (χ0) is 19.2. The average Bonchev–Trinajstić information content (AvgIpc) is 2.67. The van der Waals surface area contributed by atoms with Gasteiger partial charge in [-0.05, 0) is 18.6 Å². The predicted molar refractivity (Wildman–Crippen MR) is 102 cm³/mol. The van der Waals surface area contributed by atoms with Crippen LogP contribution in [-0.2, 0) is 11.3 Å². The Kier molecular flexibility index (Phi) is 6.16. The molecule has 2 aromatic carbocycles. The lowest BCUT2D eigenvalue weighted by Gasteiger charge is -2.33. The summed E-state index contributed by atoms with van der Waals surface area (Å²) in [6.45, 7) is 5.05. The van der Waals surface area contributed by atoms with Crippen molar-refractivity contribution in [2.45, 2.75) is 19.6 Å². The first-order valence-electron chi connectivity index (χ1n) is 8.94. The van der Waals surface area contributed by atoms with Crippen LogP contribution >= 0.6 is 0 Å². The molecule has 0 bridgehead atoms. The molecule has 1 unspecified atom stereocenters. The van der Waals surface area contributed by atoms with Gasteiger partial charge in [-0.25, -0.2) is 0 Å². The van der Waals surface area contributed by atoms with Gasteiger partial charge >= 0.3 is 0 Å². The number of carbonyl (C=O) groups excluding carboxylic acids is 1. The lowest BCUT2D eigenvalue weighted by Crippen LogP contribution is -2.47. The number of hydrogen-bond donors (Lipinski definition) is 1. The maximum atomic E-state index is 12.3. The summed E-state index contributed by atoms with van der Waals surface area (Å²) in [6, 6.07) is 14.7. The minimum absolute atomic E-state index is 0.0504. The number of ether oxygens (including phenoxy) is 1. The summed E-state index contributed by atoms with van der Waals surface area (Å²) in [5, 5.41) is 13.9. The lowest BCUT2D eigenvalue weighted by molar-refractivity contribution is -0.385. The molecular weight excluding hydrogens is 346 g/mol. The maximum Gasteiger partial charge on any atom is 0.273 e. The molecule has 0 aromatic heterocycles. The number of nitro groups is 1. The molecule has 0 saturated carbocycles. The standard InChI is InChI=1S/C20H23N3O4/c1-15-7-8-17(11-19(15)23(25)26)20(24)21-12-18-14-22(9-10-27-18)13-16-5-3-2-4-6-16/h2-8,11,18H,9-10,12-14H2,1H3,(H,21,24). The molecule has 1 saturated heterocycles. The molecule has 0 spiro atoms. The first kappa shape index (κ1) is 19.0. The molecule has 0 aliphatic carbocycles. The quantitative estimate of drug-likeness (QED) is 0.625. The second-order valence-electron chi connectivity index (χ2n) is 6.68. The molecule has 2 aromatic rings. The van der Waals surface area contributed by atoms with Crippen molar-refractivity contribution in [3.05, 3.63) is 75.3 Å². The Labute approximate surface area is 158 Å². The Balaban J connectivity index is 1.54. The topological polar surface area (TPSA) is 84.7 Å². The summed E-state index contributed by atoms with van der Waals surface area (Å²) < 4.78 is 5.75. The smallest absolute Gasteiger partial charge is 0.273 e. The Morgan fingerprint density at radius 1 is 1.30 bits per heavy atom. The molecule has 1 aliphatic rings. The molecule has 142 valence electrons. The van der Waals surface area contributed by atoms with Crippen LogP contribution in [-0.4, -0.2) is 48.1 Å². The van der Waals surface area contributed by atoms with E-state index < -0.39 is 4.92 Å². The predicted octanol–water partition coefficient (Wildman–Crippen LogP) is 2.53. The molecule has 7 nitrogen and oxygen atoms in total. The van der Waals surface area contributed by atoms with Gasteiger partial charge in [-0.3, -0.25) is 19.8 Å². The van der Waals surface area contributed by atoms with Gasteiger partial charge in [-0.2, -0.15) is 0 Å². The molecule has 1 N–H and O–H groups in total. The summed E-state index contributed by atoms with van der Waals surface area (Å²) in [4.78, 5) is 25.2. The van der Waals surface area contributed by atoms with Crippen LogP contribution in [0.3, 0.4) is 0 Å². The third kappa shape index (κ3) is 5.12. The van der Waals surface area contributed by atoms with E-state index in [1.807, 2.05) is 18.2 Å². The second-order valence-corrected chi connectivity index (χ2v) is 6.68. The van der Waals surface area contributed by atoms with Gasteiger partial charge in [0.25, 0.3) is 11.6 Å². The zero-order valence-electron chi connectivity index (χ0n) is 15.3. The third-order valence-corrected chi connectivity index (χ3v) is 4.63. The summed E-state index contributed by atoms with van der Waals surface area (Å²) >= 11 is 0. The highest BCUT2D eigenvalue weighted by Crippen LogP contribution is 2.19. The van der Waals surface area contributed by atoms with Gasteiger partial charge in [0, 0.05) is 43.4 Å². The van der Waals surface area contributed by atoms with E-state index in [4.69, 9.17) is 4.74 Å². The van der Waals surface area contributed by atoms with E-state index in [0.717, 1.165) is 19.6 Å². The van der Waals surface area contributed by atoms with Crippen LogP contribution in [0.15, 0.2) is 48.5 Å². The SMILES string of the molecule is Cc1ccc(C(=O)NCC2CN(Cc3ccccc3)CCO2)cc1[N+](=O)[O-]. The summed E-state index contributed by atoms with van der Waals surface area (Å²) in [5.41, 5.74) is 2.01. The first-order chi connectivity index (χ1) is 13.0. The fraction of sp³-hybridized carbons (Fsp3) is 0.350. The second kappa shape index (κ2) is 8.75. The summed E-state index contributed by atoms with van der Waals surface area (Å²) in [6.07, 6.45) is -0.105. The molecule has 27 heavy (non-hydrogen) atoms. The number of aryl methyl sites for hydroxylation is 1. The van der Waals surface area contributed by atoms with Crippen LogP contribution in [0.1, 0.15) is 21.5 Å². The van der Waals surface area contributed by atoms with Gasteiger partial charge in [-0.1, -0.05) is 36.4 Å². The van der Waals surface area contributed by atoms with Crippen LogP contribution in [0, 0.1) is 17.0 Å². The minimum atomic E-state index is -0.474. The van der Waals surface area contributed by atoms with E-state index in [2.05, 4.69) is 22.3 Å². The molecule has 1 heterocycles. The van der Waals surface area contributed by atoms with Crippen molar-refractivity contribution in [1.82, 2.24) is 10.2 Å². The van der Waals surface area contributed by atoms with E-state index >= 15 is 0 Å². The van der Waals surface area contributed by atoms with Crippen molar-refractivity contribution in [1.29, 1.82) is 0 Å². The van der Waals surface area contributed by atoms with E-state index in [1.165, 1.54) is 11.6 Å². The molecule has 1 amide bonds. The number of amides is 1. The van der Waals surface area contributed by atoms with E-state index in [0.29, 0.717) is 18.7 Å². The van der Waals surface area contributed by atoms with Gasteiger partial charge in [-0.15, -0.1) is 0 Å². The fourth-order valence-electron chi connectivity index (χ4n) is 3.15. The van der Waals surface area contributed by atoms with Gasteiger partial charge in [0.05, 0.1) is 17.6 Å². The molecular formula is C20H23N3O4.